The number of benzene rings is 6. The van der Waals surface area contributed by atoms with Gasteiger partial charge >= 0.3 is 0 Å². The Bertz CT molecular complexity index is 2160. The van der Waals surface area contributed by atoms with Crippen LogP contribution in [0.15, 0.2) is 131 Å². The predicted octanol–water partition coefficient (Wildman–Crippen LogP) is 7.15. The zero-order chi connectivity index (χ0) is 28.8. The van der Waals surface area contributed by atoms with Crippen molar-refractivity contribution in [1.29, 1.82) is 0 Å². The van der Waals surface area contributed by atoms with Crippen LogP contribution in [0.3, 0.4) is 0 Å². The Morgan fingerprint density at radius 3 is 1.37 bits per heavy atom. The first-order valence-corrected chi connectivity index (χ1v) is 15.8. The molecule has 0 radical (unpaired) electrons. The van der Waals surface area contributed by atoms with Gasteiger partial charge in [-0.1, -0.05) is 109 Å². The Kier molecular flexibility index (Phi) is 6.71. The molecule has 0 amide bonds. The van der Waals surface area contributed by atoms with Gasteiger partial charge in [-0.05, 0) is 51.9 Å². The second-order valence-corrected chi connectivity index (χ2v) is 12.8. The van der Waals surface area contributed by atoms with Gasteiger partial charge in [0.05, 0.1) is 4.90 Å². The van der Waals surface area contributed by atoms with Gasteiger partial charge < -0.3 is 0 Å². The van der Waals surface area contributed by atoms with Crippen LogP contribution in [0.4, 0.5) is 0 Å². The van der Waals surface area contributed by atoms with Crippen molar-refractivity contribution in [2.75, 3.05) is 7.05 Å². The fraction of sp³-hybridized carbons (Fsp3) is 0.0303. The fourth-order valence-electron chi connectivity index (χ4n) is 5.47. The lowest BCUT2D eigenvalue weighted by Gasteiger charge is -2.23. The molecule has 0 heterocycles. The number of hydrogen-bond acceptors (Lipinski definition) is 4. The van der Waals surface area contributed by atoms with Crippen molar-refractivity contribution in [2.24, 2.45) is 0 Å². The molecule has 6 aromatic carbocycles. The van der Waals surface area contributed by atoms with E-state index < -0.39 is 20.1 Å². The monoisotopic (exact) mass is 579 g/mol. The highest BCUT2D eigenvalue weighted by atomic mass is 32.2. The SMILES string of the molecule is CNS(=O)(=O)c1c(-c2ccccc2)cc2ccccc2c1-c1c(S(=O)(=O)O)c(-c2ccccc2)cc2ccccc12. The number of fused-ring (bicyclic) bond motifs is 2. The van der Waals surface area contributed by atoms with Crippen molar-refractivity contribution < 1.29 is 21.4 Å². The standard InChI is InChI=1S/C33H25NO5S2/c1-34-40(35,36)32-28(22-12-4-2-5-13-22)20-24-16-8-10-18-26(24)30(32)31-27-19-11-9-17-25(27)21-29(33(31)41(37,38)39)23-14-6-3-7-15-23/h2-21,34H,1H3,(H,37,38,39). The normalized spacial score (nSPS) is 12.1. The molecule has 0 bridgehead atoms. The Morgan fingerprint density at radius 2 is 0.927 bits per heavy atom. The summed E-state index contributed by atoms with van der Waals surface area (Å²) in [5.74, 6) is 0. The third-order valence-electron chi connectivity index (χ3n) is 7.22. The molecular weight excluding hydrogens is 554 g/mol. The van der Waals surface area contributed by atoms with Gasteiger partial charge in [0.15, 0.2) is 0 Å². The number of nitrogens with one attached hydrogen (secondary N) is 1. The topological polar surface area (TPSA) is 101 Å². The summed E-state index contributed by atoms with van der Waals surface area (Å²) in [5, 5.41) is 2.42. The number of sulfonamides is 1. The lowest BCUT2D eigenvalue weighted by atomic mass is 9.88. The molecule has 0 unspecified atom stereocenters. The molecule has 6 aromatic rings. The van der Waals surface area contributed by atoms with E-state index in [1.54, 1.807) is 60.7 Å². The van der Waals surface area contributed by atoms with Gasteiger partial charge in [0, 0.05) is 22.3 Å². The van der Waals surface area contributed by atoms with E-state index in [1.807, 2.05) is 60.7 Å². The third kappa shape index (κ3) is 4.71. The lowest BCUT2D eigenvalue weighted by Crippen LogP contribution is -2.21. The molecule has 0 aliphatic rings. The van der Waals surface area contributed by atoms with Crippen LogP contribution in [-0.2, 0) is 20.1 Å². The van der Waals surface area contributed by atoms with Crippen LogP contribution >= 0.6 is 0 Å². The molecule has 0 saturated heterocycles. The summed E-state index contributed by atoms with van der Waals surface area (Å²) in [6, 6.07) is 35.9. The lowest BCUT2D eigenvalue weighted by molar-refractivity contribution is 0.484. The highest BCUT2D eigenvalue weighted by Crippen LogP contribution is 2.48. The molecule has 0 aliphatic carbocycles. The van der Waals surface area contributed by atoms with Gasteiger partial charge in [0.2, 0.25) is 10.0 Å². The summed E-state index contributed by atoms with van der Waals surface area (Å²) in [5.41, 5.74) is 2.19. The molecule has 0 aromatic heterocycles. The van der Waals surface area contributed by atoms with E-state index >= 15 is 0 Å². The summed E-state index contributed by atoms with van der Waals surface area (Å²) < 4.78 is 68.0. The molecular formula is C33H25NO5S2. The van der Waals surface area contributed by atoms with Crippen molar-refractivity contribution in [3.63, 3.8) is 0 Å². The fourth-order valence-corrected chi connectivity index (χ4v) is 7.54. The summed E-state index contributed by atoms with van der Waals surface area (Å²) in [4.78, 5) is -0.435. The molecule has 0 fully saturated rings. The van der Waals surface area contributed by atoms with Crippen molar-refractivity contribution in [3.05, 3.63) is 121 Å². The maximum absolute atomic E-state index is 14.0. The van der Waals surface area contributed by atoms with Crippen LogP contribution in [0.1, 0.15) is 0 Å². The van der Waals surface area contributed by atoms with Crippen LogP contribution in [0.2, 0.25) is 0 Å². The van der Waals surface area contributed by atoms with Crippen LogP contribution in [0, 0.1) is 0 Å². The van der Waals surface area contributed by atoms with Crippen LogP contribution < -0.4 is 4.72 Å². The van der Waals surface area contributed by atoms with Gasteiger partial charge in [0.1, 0.15) is 4.90 Å². The van der Waals surface area contributed by atoms with Crippen molar-refractivity contribution in [2.45, 2.75) is 9.79 Å². The zero-order valence-electron chi connectivity index (χ0n) is 21.9. The second-order valence-electron chi connectivity index (χ2n) is 9.61. The van der Waals surface area contributed by atoms with E-state index in [0.29, 0.717) is 38.2 Å². The highest BCUT2D eigenvalue weighted by molar-refractivity contribution is 7.89. The van der Waals surface area contributed by atoms with Gasteiger partial charge in [-0.3, -0.25) is 4.55 Å². The molecule has 41 heavy (non-hydrogen) atoms. The van der Waals surface area contributed by atoms with Crippen molar-refractivity contribution >= 4 is 41.7 Å². The Balaban J connectivity index is 1.96. The number of rotatable bonds is 6. The van der Waals surface area contributed by atoms with Crippen LogP contribution in [-0.4, -0.2) is 28.4 Å². The van der Waals surface area contributed by atoms with Crippen LogP contribution in [0.5, 0.6) is 0 Å². The number of hydrogen-bond donors (Lipinski definition) is 2. The van der Waals surface area contributed by atoms with E-state index in [2.05, 4.69) is 4.72 Å². The Hall–Kier alpha value is -4.34. The van der Waals surface area contributed by atoms with Crippen molar-refractivity contribution in [1.82, 2.24) is 4.72 Å². The highest BCUT2D eigenvalue weighted by Gasteiger charge is 2.32. The molecule has 8 heteroatoms. The van der Waals surface area contributed by atoms with Gasteiger partial charge in [-0.15, -0.1) is 0 Å². The maximum Gasteiger partial charge on any atom is 0.295 e. The molecule has 204 valence electrons. The first-order chi connectivity index (χ1) is 19.7. The molecule has 0 atom stereocenters. The molecule has 0 saturated carbocycles. The van der Waals surface area contributed by atoms with E-state index in [4.69, 9.17) is 0 Å². The Labute approximate surface area is 238 Å². The van der Waals surface area contributed by atoms with Crippen LogP contribution in [0.25, 0.3) is 54.9 Å². The zero-order valence-corrected chi connectivity index (χ0v) is 23.6. The average molecular weight is 580 g/mol. The minimum Gasteiger partial charge on any atom is -0.282 e. The van der Waals surface area contributed by atoms with E-state index in [-0.39, 0.29) is 26.5 Å². The molecule has 6 rings (SSSR count). The summed E-state index contributed by atoms with van der Waals surface area (Å²) in [7, 11) is -7.74. The minimum absolute atomic E-state index is 0.0786. The molecule has 6 nitrogen and oxygen atoms in total. The summed E-state index contributed by atoms with van der Waals surface area (Å²) in [6.07, 6.45) is 0. The second kappa shape index (κ2) is 10.2. The maximum atomic E-state index is 14.0. The smallest absolute Gasteiger partial charge is 0.282 e. The van der Waals surface area contributed by atoms with Gasteiger partial charge in [-0.2, -0.15) is 8.42 Å². The summed E-state index contributed by atoms with van der Waals surface area (Å²) >= 11 is 0. The molecule has 0 aliphatic heterocycles. The quantitative estimate of drug-likeness (QED) is 0.204. The summed E-state index contributed by atoms with van der Waals surface area (Å²) in [6.45, 7) is 0. The van der Waals surface area contributed by atoms with E-state index in [1.165, 1.54) is 7.05 Å². The largest absolute Gasteiger partial charge is 0.295 e. The van der Waals surface area contributed by atoms with E-state index in [9.17, 15) is 21.4 Å². The first kappa shape index (κ1) is 26.9. The van der Waals surface area contributed by atoms with Gasteiger partial charge in [-0.25, -0.2) is 13.1 Å². The third-order valence-corrected chi connectivity index (χ3v) is 9.66. The molecule has 0 spiro atoms. The van der Waals surface area contributed by atoms with Crippen molar-refractivity contribution in [3.8, 4) is 33.4 Å². The average Bonchev–Trinajstić information content (AvgIpc) is 2.99. The molecule has 2 N–H and O–H groups in total. The van der Waals surface area contributed by atoms with E-state index in [0.717, 1.165) is 0 Å². The minimum atomic E-state index is -4.88. The predicted molar refractivity (Wildman–Crippen MR) is 164 cm³/mol. The Morgan fingerprint density at radius 1 is 0.537 bits per heavy atom. The van der Waals surface area contributed by atoms with Gasteiger partial charge in [0.25, 0.3) is 10.1 Å². The first-order valence-electron chi connectivity index (χ1n) is 12.8.